The lowest BCUT2D eigenvalue weighted by Crippen LogP contribution is -2.33. The van der Waals surface area contributed by atoms with Crippen molar-refractivity contribution in [3.05, 3.63) is 65.2 Å². The number of hydrogen-bond donors (Lipinski definition) is 2. The maximum absolute atomic E-state index is 13.4. The van der Waals surface area contributed by atoms with E-state index < -0.39 is 47.3 Å². The minimum Gasteiger partial charge on any atom is -0.347 e. The molecule has 0 aliphatic rings. The maximum atomic E-state index is 13.4. The molecule has 4 nitrogen and oxygen atoms in total. The molecule has 0 unspecified atom stereocenters. The molecule has 0 spiro atoms. The van der Waals surface area contributed by atoms with Crippen molar-refractivity contribution in [2.45, 2.75) is 12.8 Å². The Morgan fingerprint density at radius 1 is 0.920 bits per heavy atom. The Labute approximate surface area is 140 Å². The van der Waals surface area contributed by atoms with Gasteiger partial charge in [0.05, 0.1) is 12.2 Å². The average molecular weight is 354 g/mol. The first kappa shape index (κ1) is 18.4. The average Bonchev–Trinajstić information content (AvgIpc) is 2.59. The van der Waals surface area contributed by atoms with Crippen LogP contribution in [0.25, 0.3) is 0 Å². The van der Waals surface area contributed by atoms with Crippen LogP contribution in [0.4, 0.5) is 23.2 Å². The third-order valence-electron chi connectivity index (χ3n) is 3.29. The number of nitrogens with one attached hydrogen (secondary N) is 2. The van der Waals surface area contributed by atoms with Crippen molar-refractivity contribution in [3.8, 4) is 0 Å². The van der Waals surface area contributed by atoms with E-state index in [9.17, 15) is 27.2 Å². The number of rotatable bonds is 6. The van der Waals surface area contributed by atoms with Crippen LogP contribution in [0.15, 0.2) is 36.4 Å². The Morgan fingerprint density at radius 3 is 2.40 bits per heavy atom. The van der Waals surface area contributed by atoms with Gasteiger partial charge in [0.2, 0.25) is 11.8 Å². The van der Waals surface area contributed by atoms with Gasteiger partial charge in [-0.2, -0.15) is 0 Å². The summed E-state index contributed by atoms with van der Waals surface area (Å²) in [6, 6.07) is 7.31. The zero-order valence-electron chi connectivity index (χ0n) is 12.9. The first-order chi connectivity index (χ1) is 11.9. The van der Waals surface area contributed by atoms with E-state index in [1.54, 1.807) is 6.07 Å². The molecule has 0 aromatic heterocycles. The molecule has 0 atom stereocenters. The first-order valence-corrected chi connectivity index (χ1v) is 7.31. The number of amides is 2. The molecule has 0 radical (unpaired) electrons. The summed E-state index contributed by atoms with van der Waals surface area (Å²) in [5, 5.41) is 4.33. The highest BCUT2D eigenvalue weighted by molar-refractivity contribution is 5.94. The van der Waals surface area contributed by atoms with E-state index in [2.05, 4.69) is 5.32 Å². The van der Waals surface area contributed by atoms with Crippen LogP contribution in [-0.2, 0) is 16.0 Å². The second kappa shape index (κ2) is 8.27. The molecule has 0 saturated carbocycles. The standard InChI is InChI=1S/C17H14F4N2O2/c18-11-3-1-2-10(8-11)4-7-14(24)22-9-15(25)23-13-6-5-12(19)16(20)17(13)21/h1-3,5-6,8H,4,7,9H2,(H,22,24)(H,23,25). The molecule has 0 heterocycles. The number of benzene rings is 2. The van der Waals surface area contributed by atoms with Gasteiger partial charge in [0.1, 0.15) is 5.82 Å². The van der Waals surface area contributed by atoms with Crippen LogP contribution in [0.2, 0.25) is 0 Å². The van der Waals surface area contributed by atoms with E-state index >= 15 is 0 Å². The number of carbonyl (C=O) groups is 2. The Balaban J connectivity index is 1.80. The molecule has 8 heteroatoms. The Bertz CT molecular complexity index is 796. The van der Waals surface area contributed by atoms with Gasteiger partial charge in [-0.3, -0.25) is 9.59 Å². The minimum atomic E-state index is -1.70. The van der Waals surface area contributed by atoms with Gasteiger partial charge < -0.3 is 10.6 Å². The van der Waals surface area contributed by atoms with Crippen LogP contribution >= 0.6 is 0 Å². The summed E-state index contributed by atoms with van der Waals surface area (Å²) in [5.41, 5.74) is 0.0985. The van der Waals surface area contributed by atoms with Crippen molar-refractivity contribution in [3.63, 3.8) is 0 Å². The number of halogens is 4. The number of hydrogen-bond acceptors (Lipinski definition) is 2. The fourth-order valence-corrected chi connectivity index (χ4v) is 2.03. The molecule has 132 valence electrons. The predicted octanol–water partition coefficient (Wildman–Crippen LogP) is 2.93. The van der Waals surface area contributed by atoms with Gasteiger partial charge in [-0.1, -0.05) is 12.1 Å². The third-order valence-corrected chi connectivity index (χ3v) is 3.29. The summed E-state index contributed by atoms with van der Waals surface area (Å²) in [6.45, 7) is -0.472. The second-order valence-corrected chi connectivity index (χ2v) is 5.18. The summed E-state index contributed by atoms with van der Waals surface area (Å²) in [4.78, 5) is 23.3. The molecule has 0 aliphatic heterocycles. The Morgan fingerprint density at radius 2 is 1.68 bits per heavy atom. The summed E-state index contributed by atoms with van der Waals surface area (Å²) < 4.78 is 52.3. The Hall–Kier alpha value is -2.90. The summed E-state index contributed by atoms with van der Waals surface area (Å²) >= 11 is 0. The van der Waals surface area contributed by atoms with Gasteiger partial charge in [0, 0.05) is 6.42 Å². The van der Waals surface area contributed by atoms with Crippen molar-refractivity contribution < 1.29 is 27.2 Å². The van der Waals surface area contributed by atoms with Crippen LogP contribution in [0, 0.1) is 23.3 Å². The van der Waals surface area contributed by atoms with Crippen LogP contribution in [-0.4, -0.2) is 18.4 Å². The second-order valence-electron chi connectivity index (χ2n) is 5.18. The van der Waals surface area contributed by atoms with Crippen LogP contribution in [0.5, 0.6) is 0 Å². The van der Waals surface area contributed by atoms with Gasteiger partial charge in [-0.15, -0.1) is 0 Å². The van der Waals surface area contributed by atoms with Gasteiger partial charge in [-0.25, -0.2) is 17.6 Å². The lowest BCUT2D eigenvalue weighted by atomic mass is 10.1. The predicted molar refractivity (Wildman–Crippen MR) is 82.7 cm³/mol. The highest BCUT2D eigenvalue weighted by atomic mass is 19.2. The van der Waals surface area contributed by atoms with Crippen LogP contribution in [0.1, 0.15) is 12.0 Å². The lowest BCUT2D eigenvalue weighted by molar-refractivity contribution is -0.124. The van der Waals surface area contributed by atoms with Gasteiger partial charge in [0.15, 0.2) is 17.5 Å². The molecule has 25 heavy (non-hydrogen) atoms. The fourth-order valence-electron chi connectivity index (χ4n) is 2.03. The summed E-state index contributed by atoms with van der Waals surface area (Å²) in [5.74, 6) is -6.27. The molecule has 0 bridgehead atoms. The first-order valence-electron chi connectivity index (χ1n) is 7.31. The topological polar surface area (TPSA) is 58.2 Å². The van der Waals surface area contributed by atoms with Crippen LogP contribution in [0.3, 0.4) is 0 Å². The summed E-state index contributed by atoms with van der Waals surface area (Å²) in [7, 11) is 0. The van der Waals surface area contributed by atoms with Crippen molar-refractivity contribution >= 4 is 17.5 Å². The maximum Gasteiger partial charge on any atom is 0.243 e. The number of carbonyl (C=O) groups excluding carboxylic acids is 2. The van der Waals surface area contributed by atoms with Gasteiger partial charge in [0.25, 0.3) is 0 Å². The van der Waals surface area contributed by atoms with Crippen LogP contribution < -0.4 is 10.6 Å². The van der Waals surface area contributed by atoms with Crippen molar-refractivity contribution in [2.75, 3.05) is 11.9 Å². The molecule has 0 saturated heterocycles. The molecule has 2 N–H and O–H groups in total. The molecular weight excluding hydrogens is 340 g/mol. The third kappa shape index (κ3) is 5.30. The monoisotopic (exact) mass is 354 g/mol. The molecule has 2 rings (SSSR count). The largest absolute Gasteiger partial charge is 0.347 e. The van der Waals surface area contributed by atoms with Gasteiger partial charge in [-0.05, 0) is 36.2 Å². The highest BCUT2D eigenvalue weighted by Crippen LogP contribution is 2.19. The zero-order chi connectivity index (χ0) is 18.4. The van der Waals surface area contributed by atoms with E-state index in [0.29, 0.717) is 11.6 Å². The normalized spacial score (nSPS) is 10.4. The fraction of sp³-hybridized carbons (Fsp3) is 0.176. The SMILES string of the molecule is O=C(CCc1cccc(F)c1)NCC(=O)Nc1ccc(F)c(F)c1F. The van der Waals surface area contributed by atoms with Crippen molar-refractivity contribution in [2.24, 2.45) is 0 Å². The minimum absolute atomic E-state index is 0.0241. The molecule has 0 aliphatic carbocycles. The molecule has 0 fully saturated rings. The molecule has 2 aromatic carbocycles. The lowest BCUT2D eigenvalue weighted by Gasteiger charge is -2.08. The quantitative estimate of drug-likeness (QED) is 0.619. The van der Waals surface area contributed by atoms with E-state index in [-0.39, 0.29) is 12.8 Å². The number of anilines is 1. The van der Waals surface area contributed by atoms with Crippen molar-refractivity contribution in [1.82, 2.24) is 5.32 Å². The molecule has 2 aromatic rings. The van der Waals surface area contributed by atoms with Crippen molar-refractivity contribution in [1.29, 1.82) is 0 Å². The summed E-state index contributed by atoms with van der Waals surface area (Å²) in [6.07, 6.45) is 0.305. The van der Waals surface area contributed by atoms with E-state index in [1.165, 1.54) is 18.2 Å². The number of aryl methyl sites for hydroxylation is 1. The van der Waals surface area contributed by atoms with E-state index in [4.69, 9.17) is 0 Å². The molecule has 2 amide bonds. The molecular formula is C17H14F4N2O2. The highest BCUT2D eigenvalue weighted by Gasteiger charge is 2.15. The van der Waals surface area contributed by atoms with E-state index in [1.807, 2.05) is 5.32 Å². The van der Waals surface area contributed by atoms with Gasteiger partial charge >= 0.3 is 0 Å². The zero-order valence-corrected chi connectivity index (χ0v) is 12.9. The Kier molecular flexibility index (Phi) is 6.10. The van der Waals surface area contributed by atoms with E-state index in [0.717, 1.165) is 6.07 Å². The smallest absolute Gasteiger partial charge is 0.243 e.